The molecule has 0 atom stereocenters. The Bertz CT molecular complexity index is 436. The second-order valence-corrected chi connectivity index (χ2v) is 4.78. The highest BCUT2D eigenvalue weighted by Crippen LogP contribution is 2.12. The fraction of sp³-hybridized carbons (Fsp3) is 0.714. The molecule has 0 bridgehead atoms. The Hall–Kier alpha value is -2.04. The van der Waals surface area contributed by atoms with Gasteiger partial charge in [-0.05, 0) is 0 Å². The lowest BCUT2D eigenvalue weighted by molar-refractivity contribution is -0.198. The largest absolute Gasteiger partial charge is 0.481 e. The van der Waals surface area contributed by atoms with Gasteiger partial charge in [0.25, 0.3) is 11.8 Å². The number of rotatable bonds is 13. The van der Waals surface area contributed by atoms with Crippen molar-refractivity contribution < 1.29 is 43.3 Å². The highest BCUT2D eigenvalue weighted by molar-refractivity contribution is 6.01. The highest BCUT2D eigenvalue weighted by Gasteiger charge is 2.32. The van der Waals surface area contributed by atoms with E-state index in [-0.39, 0.29) is 52.1 Å². The van der Waals surface area contributed by atoms with Gasteiger partial charge in [0, 0.05) is 12.8 Å². The Balaban J connectivity index is 1.89. The molecule has 0 aliphatic carbocycles. The molecule has 0 aromatic heterocycles. The molecule has 1 heterocycles. The summed E-state index contributed by atoms with van der Waals surface area (Å²) in [6, 6.07) is 0. The molecule has 2 amide bonds. The minimum Gasteiger partial charge on any atom is -0.481 e. The zero-order valence-electron chi connectivity index (χ0n) is 13.2. The van der Waals surface area contributed by atoms with Gasteiger partial charge in [0.15, 0.2) is 0 Å². The van der Waals surface area contributed by atoms with Gasteiger partial charge in [-0.2, -0.15) is 0 Å². The van der Waals surface area contributed by atoms with Crippen LogP contribution in [-0.2, 0) is 38.2 Å². The summed E-state index contributed by atoms with van der Waals surface area (Å²) in [4.78, 5) is 48.8. The molecule has 1 aliphatic rings. The molecule has 10 nitrogen and oxygen atoms in total. The molecule has 136 valence electrons. The molecular formula is C14H21NO9. The number of ether oxygens (including phenoxy) is 3. The van der Waals surface area contributed by atoms with Crippen molar-refractivity contribution in [3.05, 3.63) is 0 Å². The second kappa shape index (κ2) is 11.5. The van der Waals surface area contributed by atoms with Gasteiger partial charge in [0.2, 0.25) is 0 Å². The lowest BCUT2D eigenvalue weighted by Crippen LogP contribution is -2.32. The van der Waals surface area contributed by atoms with Crippen LogP contribution in [0.4, 0.5) is 0 Å². The van der Waals surface area contributed by atoms with Crippen LogP contribution in [0.2, 0.25) is 0 Å². The Morgan fingerprint density at radius 2 is 1.29 bits per heavy atom. The quantitative estimate of drug-likeness (QED) is 0.346. The van der Waals surface area contributed by atoms with E-state index in [2.05, 4.69) is 4.84 Å². The first-order valence-corrected chi connectivity index (χ1v) is 7.52. The maximum absolute atomic E-state index is 11.4. The molecule has 1 N–H and O–H groups in total. The normalized spacial score (nSPS) is 14.2. The third-order valence-electron chi connectivity index (χ3n) is 2.85. The first-order valence-electron chi connectivity index (χ1n) is 7.52. The van der Waals surface area contributed by atoms with E-state index in [0.717, 1.165) is 0 Å². The number of carbonyl (C=O) groups is 4. The molecule has 24 heavy (non-hydrogen) atoms. The lowest BCUT2D eigenvalue weighted by Gasteiger charge is -2.12. The Labute approximate surface area is 138 Å². The number of carboxylic acid groups (broad SMARTS) is 1. The van der Waals surface area contributed by atoms with E-state index < -0.39 is 23.8 Å². The van der Waals surface area contributed by atoms with Crippen molar-refractivity contribution in [2.45, 2.75) is 25.7 Å². The number of hydroxylamine groups is 2. The number of carbonyl (C=O) groups excluding carboxylic acids is 3. The van der Waals surface area contributed by atoms with Crippen LogP contribution < -0.4 is 0 Å². The van der Waals surface area contributed by atoms with Crippen LogP contribution in [0.1, 0.15) is 25.7 Å². The van der Waals surface area contributed by atoms with Crippen LogP contribution in [0.15, 0.2) is 0 Å². The van der Waals surface area contributed by atoms with Gasteiger partial charge in [-0.3, -0.25) is 14.4 Å². The first kappa shape index (κ1) is 20.0. The lowest BCUT2D eigenvalue weighted by atomic mass is 10.4. The van der Waals surface area contributed by atoms with Gasteiger partial charge in [-0.15, -0.1) is 5.06 Å². The van der Waals surface area contributed by atoms with Crippen molar-refractivity contribution in [1.82, 2.24) is 5.06 Å². The molecule has 10 heteroatoms. The summed E-state index contributed by atoms with van der Waals surface area (Å²) in [5, 5.41) is 8.88. The third-order valence-corrected chi connectivity index (χ3v) is 2.85. The molecule has 0 unspecified atom stereocenters. The maximum Gasteiger partial charge on any atom is 0.335 e. The topological polar surface area (TPSA) is 129 Å². The van der Waals surface area contributed by atoms with Crippen molar-refractivity contribution in [3.63, 3.8) is 0 Å². The molecule has 1 rings (SSSR count). The van der Waals surface area contributed by atoms with Crippen LogP contribution in [0, 0.1) is 0 Å². The second-order valence-electron chi connectivity index (χ2n) is 4.78. The summed E-state index contributed by atoms with van der Waals surface area (Å²) in [5.41, 5.74) is 0. The van der Waals surface area contributed by atoms with E-state index in [1.165, 1.54) is 0 Å². The SMILES string of the molecule is O=C(O)CCOCCOCCOCCC(=O)ON1C(=O)CCC1=O. The van der Waals surface area contributed by atoms with Crippen LogP contribution in [0.5, 0.6) is 0 Å². The number of aliphatic carboxylic acids is 1. The monoisotopic (exact) mass is 347 g/mol. The Kier molecular flexibility index (Phi) is 9.58. The number of imide groups is 1. The molecule has 0 spiro atoms. The van der Waals surface area contributed by atoms with Gasteiger partial charge in [0.1, 0.15) is 0 Å². The highest BCUT2D eigenvalue weighted by atomic mass is 16.7. The Morgan fingerprint density at radius 1 is 0.833 bits per heavy atom. The van der Waals surface area contributed by atoms with E-state index in [9.17, 15) is 19.2 Å². The molecule has 0 saturated carbocycles. The zero-order valence-corrected chi connectivity index (χ0v) is 13.2. The summed E-state index contributed by atoms with van der Waals surface area (Å²) < 4.78 is 15.3. The van der Waals surface area contributed by atoms with Crippen molar-refractivity contribution in [2.75, 3.05) is 39.6 Å². The van der Waals surface area contributed by atoms with Gasteiger partial charge < -0.3 is 24.2 Å². The van der Waals surface area contributed by atoms with Gasteiger partial charge in [-0.25, -0.2) is 4.79 Å². The van der Waals surface area contributed by atoms with Crippen molar-refractivity contribution in [1.29, 1.82) is 0 Å². The van der Waals surface area contributed by atoms with E-state index >= 15 is 0 Å². The van der Waals surface area contributed by atoms with Crippen LogP contribution in [0.25, 0.3) is 0 Å². The number of carboxylic acids is 1. The molecule has 1 saturated heterocycles. The average molecular weight is 347 g/mol. The smallest absolute Gasteiger partial charge is 0.335 e. The van der Waals surface area contributed by atoms with E-state index in [0.29, 0.717) is 18.3 Å². The minimum absolute atomic E-state index is 0.0478. The molecule has 1 fully saturated rings. The van der Waals surface area contributed by atoms with Crippen LogP contribution in [0.3, 0.4) is 0 Å². The van der Waals surface area contributed by atoms with Gasteiger partial charge >= 0.3 is 11.9 Å². The van der Waals surface area contributed by atoms with E-state index in [4.69, 9.17) is 19.3 Å². The zero-order chi connectivity index (χ0) is 17.8. The standard InChI is InChI=1S/C14H21NO9/c16-11-1-2-12(17)15(11)24-14(20)4-6-22-8-10-23-9-7-21-5-3-13(18)19/h1-10H2,(H,18,19). The first-order chi connectivity index (χ1) is 11.5. The van der Waals surface area contributed by atoms with Crippen LogP contribution >= 0.6 is 0 Å². The van der Waals surface area contributed by atoms with Gasteiger partial charge in [-0.1, -0.05) is 0 Å². The fourth-order valence-corrected chi connectivity index (χ4v) is 1.66. The van der Waals surface area contributed by atoms with Gasteiger partial charge in [0.05, 0.1) is 52.5 Å². The fourth-order valence-electron chi connectivity index (χ4n) is 1.66. The van der Waals surface area contributed by atoms with Crippen LogP contribution in [-0.4, -0.2) is 73.6 Å². The van der Waals surface area contributed by atoms with Crippen molar-refractivity contribution in [2.24, 2.45) is 0 Å². The summed E-state index contributed by atoms with van der Waals surface area (Å²) >= 11 is 0. The molecule has 0 radical (unpaired) electrons. The summed E-state index contributed by atoms with van der Waals surface area (Å²) in [7, 11) is 0. The predicted octanol–water partition coefficient (Wildman–Crippen LogP) is -0.492. The number of hydrogen-bond donors (Lipinski definition) is 1. The molecule has 0 aromatic rings. The number of amides is 2. The summed E-state index contributed by atoms with van der Waals surface area (Å²) in [6.07, 6.45) is -0.0247. The van der Waals surface area contributed by atoms with E-state index in [1.807, 2.05) is 0 Å². The predicted molar refractivity (Wildman–Crippen MR) is 76.5 cm³/mol. The minimum atomic E-state index is -0.915. The molecule has 1 aliphatic heterocycles. The molecule has 0 aromatic carbocycles. The van der Waals surface area contributed by atoms with Crippen molar-refractivity contribution in [3.8, 4) is 0 Å². The number of nitrogens with zero attached hydrogens (tertiary/aromatic N) is 1. The molecular weight excluding hydrogens is 326 g/mol. The maximum atomic E-state index is 11.4. The average Bonchev–Trinajstić information content (AvgIpc) is 2.84. The Morgan fingerprint density at radius 3 is 1.79 bits per heavy atom. The summed E-state index contributed by atoms with van der Waals surface area (Å²) in [5.74, 6) is -2.67. The van der Waals surface area contributed by atoms with Crippen molar-refractivity contribution >= 4 is 23.8 Å². The van der Waals surface area contributed by atoms with E-state index in [1.54, 1.807) is 0 Å². The number of hydrogen-bond acceptors (Lipinski definition) is 8. The third kappa shape index (κ3) is 8.56. The summed E-state index contributed by atoms with van der Waals surface area (Å²) in [6.45, 7) is 1.36.